The number of ether oxygens (including phenoxy) is 2. The summed E-state index contributed by atoms with van der Waals surface area (Å²) in [5.41, 5.74) is 0.867. The van der Waals surface area contributed by atoms with Crippen LogP contribution in [0.1, 0.15) is 39.0 Å². The Labute approximate surface area is 141 Å². The van der Waals surface area contributed by atoms with Gasteiger partial charge in [0.15, 0.2) is 0 Å². The molecule has 0 bridgehead atoms. The highest BCUT2D eigenvalue weighted by Gasteiger charge is 2.48. The van der Waals surface area contributed by atoms with Crippen molar-refractivity contribution in [3.8, 4) is 0 Å². The first-order valence-electron chi connectivity index (χ1n) is 6.96. The Morgan fingerprint density at radius 3 is 2.74 bits per heavy atom. The van der Waals surface area contributed by atoms with Gasteiger partial charge in [-0.25, -0.2) is 4.79 Å². The second-order valence-electron chi connectivity index (χ2n) is 5.63. The SMILES string of the molecule is CC(I)C1CC/C(=C2/C(=O)OC3C(I)CCCC23)O1. The molecule has 2 heterocycles. The molecule has 5 heteroatoms. The first-order chi connectivity index (χ1) is 9.08. The van der Waals surface area contributed by atoms with Crippen LogP contribution in [-0.2, 0) is 14.3 Å². The van der Waals surface area contributed by atoms with E-state index in [1.165, 1.54) is 6.42 Å². The van der Waals surface area contributed by atoms with Crippen molar-refractivity contribution in [2.75, 3.05) is 0 Å². The fourth-order valence-electron chi connectivity index (χ4n) is 3.33. The molecule has 106 valence electrons. The topological polar surface area (TPSA) is 35.5 Å². The molecular weight excluding hydrogens is 470 g/mol. The molecule has 3 fully saturated rings. The minimum absolute atomic E-state index is 0.0871. The van der Waals surface area contributed by atoms with Crippen LogP contribution in [0.3, 0.4) is 0 Å². The molecule has 0 aromatic heterocycles. The van der Waals surface area contributed by atoms with Gasteiger partial charge in [-0.05, 0) is 26.2 Å². The molecule has 0 N–H and O–H groups in total. The van der Waals surface area contributed by atoms with Crippen LogP contribution in [0.4, 0.5) is 0 Å². The first-order valence-corrected chi connectivity index (χ1v) is 9.46. The van der Waals surface area contributed by atoms with E-state index in [-0.39, 0.29) is 24.1 Å². The normalized spacial score (nSPS) is 43.6. The van der Waals surface area contributed by atoms with Gasteiger partial charge in [-0.2, -0.15) is 0 Å². The summed E-state index contributed by atoms with van der Waals surface area (Å²) in [6.45, 7) is 2.16. The Morgan fingerprint density at radius 1 is 1.26 bits per heavy atom. The van der Waals surface area contributed by atoms with Gasteiger partial charge >= 0.3 is 5.97 Å². The number of allylic oxidation sites excluding steroid dienone is 1. The van der Waals surface area contributed by atoms with Crippen LogP contribution in [0.25, 0.3) is 0 Å². The standard InChI is InChI=1S/C14H18I2O3/c1-7(15)10-5-6-11(18-10)12-8-3-2-4-9(16)13(8)19-14(12)17/h7-10,13H,2-6H2,1H3/b12-11-. The number of esters is 1. The largest absolute Gasteiger partial charge is 0.493 e. The van der Waals surface area contributed by atoms with Gasteiger partial charge in [0.25, 0.3) is 0 Å². The van der Waals surface area contributed by atoms with Crippen molar-refractivity contribution in [1.29, 1.82) is 0 Å². The Kier molecular flexibility index (Phi) is 4.32. The smallest absolute Gasteiger partial charge is 0.338 e. The van der Waals surface area contributed by atoms with Crippen LogP contribution >= 0.6 is 45.2 Å². The predicted octanol–water partition coefficient (Wildman–Crippen LogP) is 3.77. The first kappa shape index (κ1) is 14.4. The zero-order valence-corrected chi connectivity index (χ0v) is 15.2. The summed E-state index contributed by atoms with van der Waals surface area (Å²) >= 11 is 4.83. The Balaban J connectivity index is 1.86. The molecule has 0 aromatic carbocycles. The Morgan fingerprint density at radius 2 is 2.05 bits per heavy atom. The lowest BCUT2D eigenvalue weighted by molar-refractivity contribution is -0.139. The minimum atomic E-state index is -0.115. The van der Waals surface area contributed by atoms with Gasteiger partial charge in [-0.3, -0.25) is 0 Å². The zero-order chi connectivity index (χ0) is 13.6. The van der Waals surface area contributed by atoms with Crippen LogP contribution < -0.4 is 0 Å². The fraction of sp³-hybridized carbons (Fsp3) is 0.786. The lowest BCUT2D eigenvalue weighted by Gasteiger charge is -2.28. The molecule has 5 unspecified atom stereocenters. The summed E-state index contributed by atoms with van der Waals surface area (Å²) in [5.74, 6) is 1.09. The summed E-state index contributed by atoms with van der Waals surface area (Å²) in [4.78, 5) is 12.2. The van der Waals surface area contributed by atoms with Crippen molar-refractivity contribution in [3.63, 3.8) is 0 Å². The third-order valence-electron chi connectivity index (χ3n) is 4.34. The molecule has 3 nitrogen and oxygen atoms in total. The van der Waals surface area contributed by atoms with E-state index in [1.54, 1.807) is 0 Å². The van der Waals surface area contributed by atoms with Crippen LogP contribution in [-0.4, -0.2) is 26.0 Å². The van der Waals surface area contributed by atoms with Gasteiger partial charge in [0, 0.05) is 20.2 Å². The summed E-state index contributed by atoms with van der Waals surface area (Å²) in [6.07, 6.45) is 5.69. The molecule has 1 saturated carbocycles. The lowest BCUT2D eigenvalue weighted by Crippen LogP contribution is -2.31. The van der Waals surface area contributed by atoms with Crippen LogP contribution in [0.2, 0.25) is 0 Å². The highest BCUT2D eigenvalue weighted by Crippen LogP contribution is 2.45. The number of alkyl halides is 2. The third-order valence-corrected chi connectivity index (χ3v) is 6.48. The van der Waals surface area contributed by atoms with E-state index in [0.717, 1.165) is 37.0 Å². The van der Waals surface area contributed by atoms with Crippen molar-refractivity contribution >= 4 is 51.2 Å². The molecule has 19 heavy (non-hydrogen) atoms. The molecule has 0 amide bonds. The maximum Gasteiger partial charge on any atom is 0.338 e. The average Bonchev–Trinajstić information content (AvgIpc) is 2.93. The van der Waals surface area contributed by atoms with Crippen LogP contribution in [0.5, 0.6) is 0 Å². The van der Waals surface area contributed by atoms with E-state index in [2.05, 4.69) is 52.1 Å². The summed E-state index contributed by atoms with van der Waals surface area (Å²) in [6, 6.07) is 0. The molecular formula is C14H18I2O3. The summed E-state index contributed by atoms with van der Waals surface area (Å²) in [5, 5.41) is 0. The number of rotatable bonds is 1. The molecule has 3 rings (SSSR count). The van der Waals surface area contributed by atoms with Gasteiger partial charge in [-0.1, -0.05) is 51.6 Å². The van der Waals surface area contributed by atoms with Crippen LogP contribution in [0.15, 0.2) is 11.3 Å². The molecule has 0 spiro atoms. The van der Waals surface area contributed by atoms with Crippen molar-refractivity contribution in [2.24, 2.45) is 5.92 Å². The highest BCUT2D eigenvalue weighted by atomic mass is 127. The minimum Gasteiger partial charge on any atom is -0.493 e. The zero-order valence-electron chi connectivity index (χ0n) is 10.9. The number of carbonyl (C=O) groups excluding carboxylic acids is 1. The molecule has 0 radical (unpaired) electrons. The van der Waals surface area contributed by atoms with Crippen LogP contribution in [0, 0.1) is 5.92 Å². The van der Waals surface area contributed by atoms with E-state index in [0.29, 0.717) is 7.85 Å². The maximum atomic E-state index is 12.2. The van der Waals surface area contributed by atoms with Gasteiger partial charge in [0.05, 0.1) is 5.57 Å². The van der Waals surface area contributed by atoms with E-state index < -0.39 is 0 Å². The number of hydrogen-bond acceptors (Lipinski definition) is 3. The van der Waals surface area contributed by atoms with Crippen molar-refractivity contribution in [1.82, 2.24) is 0 Å². The fourth-order valence-corrected chi connectivity index (χ4v) is 4.93. The number of carbonyl (C=O) groups is 1. The van der Waals surface area contributed by atoms with Gasteiger partial charge in [0.2, 0.25) is 0 Å². The summed E-state index contributed by atoms with van der Waals surface area (Å²) < 4.78 is 12.6. The Hall–Kier alpha value is 0.470. The van der Waals surface area contributed by atoms with Crippen molar-refractivity contribution in [2.45, 2.75) is 59.1 Å². The Bertz CT molecular complexity index is 419. The molecule has 2 aliphatic heterocycles. The summed E-state index contributed by atoms with van der Waals surface area (Å²) in [7, 11) is 0. The number of fused-ring (bicyclic) bond motifs is 1. The quantitative estimate of drug-likeness (QED) is 0.244. The average molecular weight is 488 g/mol. The second kappa shape index (κ2) is 5.69. The van der Waals surface area contributed by atoms with E-state index in [9.17, 15) is 4.79 Å². The highest BCUT2D eigenvalue weighted by molar-refractivity contribution is 14.1. The van der Waals surface area contributed by atoms with E-state index in [1.807, 2.05) is 0 Å². The third kappa shape index (κ3) is 2.65. The number of hydrogen-bond donors (Lipinski definition) is 0. The number of halogens is 2. The van der Waals surface area contributed by atoms with E-state index >= 15 is 0 Å². The van der Waals surface area contributed by atoms with Crippen molar-refractivity contribution < 1.29 is 14.3 Å². The molecule has 3 aliphatic rings. The molecule has 5 atom stereocenters. The van der Waals surface area contributed by atoms with E-state index in [4.69, 9.17) is 9.47 Å². The van der Waals surface area contributed by atoms with Gasteiger partial charge in [0.1, 0.15) is 18.0 Å². The second-order valence-corrected chi connectivity index (χ2v) is 9.20. The monoisotopic (exact) mass is 488 g/mol. The molecule has 1 aliphatic carbocycles. The van der Waals surface area contributed by atoms with Gasteiger partial charge in [-0.15, -0.1) is 0 Å². The molecule has 2 saturated heterocycles. The molecule has 0 aromatic rings. The lowest BCUT2D eigenvalue weighted by atomic mass is 9.82. The van der Waals surface area contributed by atoms with Gasteiger partial charge < -0.3 is 9.47 Å². The maximum absolute atomic E-state index is 12.2. The van der Waals surface area contributed by atoms with Crippen molar-refractivity contribution in [3.05, 3.63) is 11.3 Å². The predicted molar refractivity (Wildman–Crippen MR) is 89.6 cm³/mol.